The number of hydrogen-bond donors (Lipinski definition) is 3. The zero-order valence-corrected chi connectivity index (χ0v) is 71.0. The minimum Gasteiger partial charge on any atom is -0.462 e. The molecule has 6 atom stereocenters. The molecule has 0 saturated carbocycles. The van der Waals surface area contributed by atoms with Gasteiger partial charge in [0.05, 0.1) is 26.4 Å². The standard InChI is InChI=1S/C86H168O17P2/c1-8-10-11-12-13-14-15-16-17-18-22-25-28-31-39-46-53-60-67-83(88)96-73-81(102-85(90)69-62-55-48-40-32-29-26-23-20-19-21-24-27-30-36-43-50-57-64-77(3)4)75-100-104(92,93)98-71-80(87)72-99-105(94,95)101-76-82(74-97-84(89)68-61-54-47-42-35-37-44-51-58-65-78(5)6)103-86(91)70-63-56-49-41-34-33-38-45-52-59-66-79(7)9-2/h77-82,87H,8-76H2,1-7H3,(H,92,93)(H,94,95)/t79?,80-,81-,82-/m1/s1. The number of ether oxygens (including phenoxy) is 4. The molecule has 0 aliphatic heterocycles. The van der Waals surface area contributed by atoms with E-state index in [9.17, 15) is 43.2 Å². The highest BCUT2D eigenvalue weighted by Gasteiger charge is 2.30. The van der Waals surface area contributed by atoms with Gasteiger partial charge in [0.25, 0.3) is 0 Å². The topological polar surface area (TPSA) is 237 Å². The lowest BCUT2D eigenvalue weighted by Crippen LogP contribution is -2.30. The van der Waals surface area contributed by atoms with Crippen molar-refractivity contribution >= 4 is 39.5 Å². The Morgan fingerprint density at radius 3 is 0.724 bits per heavy atom. The van der Waals surface area contributed by atoms with Gasteiger partial charge in [-0.05, 0) is 43.4 Å². The van der Waals surface area contributed by atoms with Crippen LogP contribution in [0.25, 0.3) is 0 Å². The largest absolute Gasteiger partial charge is 0.472 e. The molecule has 0 aliphatic carbocycles. The maximum Gasteiger partial charge on any atom is 0.472 e. The zero-order chi connectivity index (χ0) is 77.2. The molecule has 0 aromatic rings. The van der Waals surface area contributed by atoms with Crippen molar-refractivity contribution < 1.29 is 80.2 Å². The molecule has 0 spiro atoms. The van der Waals surface area contributed by atoms with Crippen LogP contribution in [0.5, 0.6) is 0 Å². The van der Waals surface area contributed by atoms with Gasteiger partial charge in [-0.1, -0.05) is 402 Å². The minimum atomic E-state index is -4.97. The molecule has 105 heavy (non-hydrogen) atoms. The van der Waals surface area contributed by atoms with E-state index in [4.69, 9.17) is 37.0 Å². The predicted molar refractivity (Wildman–Crippen MR) is 432 cm³/mol. The summed E-state index contributed by atoms with van der Waals surface area (Å²) in [5.74, 6) is 0.262. The van der Waals surface area contributed by atoms with Crippen LogP contribution >= 0.6 is 15.6 Å². The van der Waals surface area contributed by atoms with E-state index < -0.39 is 97.5 Å². The van der Waals surface area contributed by atoms with Gasteiger partial charge in [0.2, 0.25) is 0 Å². The number of aliphatic hydroxyl groups is 1. The van der Waals surface area contributed by atoms with Crippen LogP contribution in [0.1, 0.15) is 453 Å². The first-order valence-corrected chi connectivity index (χ1v) is 47.4. The van der Waals surface area contributed by atoms with E-state index in [0.29, 0.717) is 25.7 Å². The Bertz CT molecular complexity index is 2030. The molecule has 0 saturated heterocycles. The average molecular weight is 1540 g/mol. The number of phosphoric acid groups is 2. The highest BCUT2D eigenvalue weighted by Crippen LogP contribution is 2.45. The zero-order valence-electron chi connectivity index (χ0n) is 69.2. The molecule has 19 heteroatoms. The normalized spacial score (nSPS) is 14.1. The average Bonchev–Trinajstić information content (AvgIpc) is 0.907. The second-order valence-electron chi connectivity index (χ2n) is 32.1. The molecule has 0 amide bonds. The van der Waals surface area contributed by atoms with E-state index in [1.165, 1.54) is 263 Å². The molecule has 0 aliphatic rings. The van der Waals surface area contributed by atoms with Crippen LogP contribution in [0, 0.1) is 17.8 Å². The third-order valence-electron chi connectivity index (χ3n) is 20.5. The first-order chi connectivity index (χ1) is 50.8. The molecule has 0 aromatic carbocycles. The molecule has 17 nitrogen and oxygen atoms in total. The Morgan fingerprint density at radius 1 is 0.276 bits per heavy atom. The number of unbranched alkanes of at least 4 members (excludes halogenated alkanes) is 51. The second kappa shape index (κ2) is 76.1. The van der Waals surface area contributed by atoms with Crippen molar-refractivity contribution in [3.63, 3.8) is 0 Å². The van der Waals surface area contributed by atoms with E-state index in [2.05, 4.69) is 48.5 Å². The van der Waals surface area contributed by atoms with E-state index in [0.717, 1.165) is 108 Å². The Labute approximate surface area is 645 Å². The number of carbonyl (C=O) groups is 4. The molecule has 0 rings (SSSR count). The summed E-state index contributed by atoms with van der Waals surface area (Å²) < 4.78 is 68.9. The van der Waals surface area contributed by atoms with Crippen LogP contribution in [0.4, 0.5) is 0 Å². The lowest BCUT2D eigenvalue weighted by molar-refractivity contribution is -0.161. The van der Waals surface area contributed by atoms with Crippen molar-refractivity contribution in [1.29, 1.82) is 0 Å². The molecule has 3 unspecified atom stereocenters. The quantitative estimate of drug-likeness (QED) is 0.0222. The third-order valence-corrected chi connectivity index (χ3v) is 22.4. The number of aliphatic hydroxyl groups excluding tert-OH is 1. The van der Waals surface area contributed by atoms with E-state index in [-0.39, 0.29) is 25.7 Å². The number of esters is 4. The lowest BCUT2D eigenvalue weighted by atomic mass is 9.99. The van der Waals surface area contributed by atoms with Crippen LogP contribution in [0.15, 0.2) is 0 Å². The second-order valence-corrected chi connectivity index (χ2v) is 35.0. The number of rotatable bonds is 84. The highest BCUT2D eigenvalue weighted by molar-refractivity contribution is 7.47. The summed E-state index contributed by atoms with van der Waals surface area (Å²) in [4.78, 5) is 73.2. The predicted octanol–water partition coefficient (Wildman–Crippen LogP) is 26.1. The van der Waals surface area contributed by atoms with Crippen LogP contribution in [-0.2, 0) is 65.4 Å². The minimum absolute atomic E-state index is 0.106. The molecule has 0 radical (unpaired) electrons. The summed E-state index contributed by atoms with van der Waals surface area (Å²) in [6.07, 6.45) is 66.6. The Hall–Kier alpha value is -1.94. The van der Waals surface area contributed by atoms with E-state index in [1.807, 2.05) is 0 Å². The molecule has 0 bridgehead atoms. The van der Waals surface area contributed by atoms with Gasteiger partial charge in [-0.3, -0.25) is 37.3 Å². The van der Waals surface area contributed by atoms with E-state index in [1.54, 1.807) is 0 Å². The molecule has 0 fully saturated rings. The van der Waals surface area contributed by atoms with Crippen LogP contribution < -0.4 is 0 Å². The summed E-state index contributed by atoms with van der Waals surface area (Å²) >= 11 is 0. The molecular formula is C86H168O17P2. The van der Waals surface area contributed by atoms with Crippen LogP contribution in [0.3, 0.4) is 0 Å². The Balaban J connectivity index is 5.25. The molecule has 0 heterocycles. The lowest BCUT2D eigenvalue weighted by Gasteiger charge is -2.21. The Kier molecular flexibility index (Phi) is 74.7. The first-order valence-electron chi connectivity index (χ1n) is 44.4. The van der Waals surface area contributed by atoms with Crippen molar-refractivity contribution in [3.8, 4) is 0 Å². The highest BCUT2D eigenvalue weighted by atomic mass is 31.2. The van der Waals surface area contributed by atoms with Gasteiger partial charge in [-0.15, -0.1) is 0 Å². The summed E-state index contributed by atoms with van der Waals surface area (Å²) in [5.41, 5.74) is 0. The fourth-order valence-corrected chi connectivity index (χ4v) is 14.9. The van der Waals surface area contributed by atoms with Gasteiger partial charge in [-0.2, -0.15) is 0 Å². The van der Waals surface area contributed by atoms with Gasteiger partial charge in [0.1, 0.15) is 19.3 Å². The molecule has 3 N–H and O–H groups in total. The summed E-state index contributed by atoms with van der Waals surface area (Å²) in [6, 6.07) is 0. The van der Waals surface area contributed by atoms with Crippen molar-refractivity contribution in [3.05, 3.63) is 0 Å². The maximum atomic E-state index is 13.2. The van der Waals surface area contributed by atoms with Crippen molar-refractivity contribution in [1.82, 2.24) is 0 Å². The van der Waals surface area contributed by atoms with Gasteiger partial charge in [-0.25, -0.2) is 9.13 Å². The van der Waals surface area contributed by atoms with Crippen molar-refractivity contribution in [2.24, 2.45) is 17.8 Å². The smallest absolute Gasteiger partial charge is 0.462 e. The fourth-order valence-electron chi connectivity index (χ4n) is 13.3. The number of phosphoric ester groups is 2. The van der Waals surface area contributed by atoms with Gasteiger partial charge in [0, 0.05) is 25.7 Å². The molecule has 0 aromatic heterocycles. The van der Waals surface area contributed by atoms with Gasteiger partial charge in [0.15, 0.2) is 12.2 Å². The molecule has 624 valence electrons. The maximum absolute atomic E-state index is 13.2. The fraction of sp³-hybridized carbons (Fsp3) is 0.953. The summed E-state index contributed by atoms with van der Waals surface area (Å²) in [6.45, 7) is 12.0. The first kappa shape index (κ1) is 103. The third kappa shape index (κ3) is 78.5. The van der Waals surface area contributed by atoms with Crippen molar-refractivity contribution in [2.45, 2.75) is 471 Å². The van der Waals surface area contributed by atoms with Crippen LogP contribution in [0.2, 0.25) is 0 Å². The van der Waals surface area contributed by atoms with E-state index >= 15 is 0 Å². The summed E-state index contributed by atoms with van der Waals surface area (Å²) in [5, 5.41) is 10.7. The number of hydrogen-bond acceptors (Lipinski definition) is 15. The van der Waals surface area contributed by atoms with Crippen molar-refractivity contribution in [2.75, 3.05) is 39.6 Å². The molecular weight excluding hydrogens is 1370 g/mol. The van der Waals surface area contributed by atoms with Gasteiger partial charge < -0.3 is 33.8 Å². The monoisotopic (exact) mass is 1540 g/mol. The SMILES string of the molecule is CCCCCCCCCCCCCCCCCCCCC(=O)OC[C@H](COP(=O)(O)OC[C@@H](O)COP(=O)(O)OC[C@@H](COC(=O)CCCCCCCCCCCC(C)C)OC(=O)CCCCCCCCCCCCC(C)CC)OC(=O)CCCCCCCCCCCCCCCCCCCCC(C)C. The van der Waals surface area contributed by atoms with Crippen LogP contribution in [-0.4, -0.2) is 96.7 Å². The Morgan fingerprint density at radius 2 is 0.486 bits per heavy atom. The summed E-state index contributed by atoms with van der Waals surface area (Å²) in [7, 11) is -9.93. The number of carbonyl (C=O) groups excluding carboxylic acids is 4. The van der Waals surface area contributed by atoms with Gasteiger partial charge >= 0.3 is 39.5 Å².